The Morgan fingerprint density at radius 2 is 2.00 bits per heavy atom. The summed E-state index contributed by atoms with van der Waals surface area (Å²) in [7, 11) is 0. The van der Waals surface area contributed by atoms with Crippen LogP contribution in [-0.2, 0) is 20.7 Å². The largest absolute Gasteiger partial charge is 0.466 e. The predicted octanol–water partition coefficient (Wildman–Crippen LogP) is 2.54. The maximum atomic E-state index is 11.9. The number of rotatable bonds is 4. The van der Waals surface area contributed by atoms with E-state index >= 15 is 0 Å². The number of esters is 1. The van der Waals surface area contributed by atoms with E-state index in [1.165, 1.54) is 5.56 Å². The summed E-state index contributed by atoms with van der Waals surface area (Å²) in [5.41, 5.74) is 3.06. The molecule has 0 saturated carbocycles. The summed E-state index contributed by atoms with van der Waals surface area (Å²) in [5.74, 6) is -0.565. The van der Waals surface area contributed by atoms with Crippen LogP contribution in [0.2, 0.25) is 0 Å². The molecule has 1 aromatic rings. The average Bonchev–Trinajstić information content (AvgIpc) is 2.38. The minimum Gasteiger partial charge on any atom is -0.466 e. The highest BCUT2D eigenvalue weighted by Crippen LogP contribution is 2.24. The first-order valence-electron chi connectivity index (χ1n) is 6.18. The summed E-state index contributed by atoms with van der Waals surface area (Å²) in [5, 5.41) is 0. The van der Waals surface area contributed by atoms with Gasteiger partial charge in [-0.15, -0.1) is 0 Å². The van der Waals surface area contributed by atoms with Crippen molar-refractivity contribution in [2.75, 3.05) is 6.61 Å². The summed E-state index contributed by atoms with van der Waals surface area (Å²) in [6, 6.07) is 8.01. The monoisotopic (exact) mass is 244 g/mol. The maximum absolute atomic E-state index is 11.9. The second kappa shape index (κ2) is 5.63. The lowest BCUT2D eigenvalue weighted by Crippen LogP contribution is -2.15. The smallest absolute Gasteiger partial charge is 0.313 e. The molecule has 94 valence electrons. The number of carbonyl (C=O) groups is 2. The molecule has 1 aliphatic rings. The molecule has 3 nitrogen and oxygen atoms in total. The molecule has 3 heteroatoms. The highest BCUT2D eigenvalue weighted by Gasteiger charge is 2.18. The first kappa shape index (κ1) is 12.6. The van der Waals surface area contributed by atoms with Gasteiger partial charge in [0.1, 0.15) is 6.42 Å². The Hall–Kier alpha value is -1.90. The van der Waals surface area contributed by atoms with E-state index in [-0.39, 0.29) is 12.2 Å². The number of allylic oxidation sites excluding steroid dienone is 1. The Morgan fingerprint density at radius 3 is 2.78 bits per heavy atom. The lowest BCUT2D eigenvalue weighted by atomic mass is 9.89. The van der Waals surface area contributed by atoms with Gasteiger partial charge in [0.05, 0.1) is 6.61 Å². The van der Waals surface area contributed by atoms with Crippen LogP contribution in [0.3, 0.4) is 0 Å². The van der Waals surface area contributed by atoms with Gasteiger partial charge in [-0.2, -0.15) is 0 Å². The standard InChI is InChI=1S/C15H16O3/c1-2-18-15(17)10-14(16)13-8-7-11-5-3-4-6-12(11)9-13/h3-6,9H,2,7-8,10H2,1H3. The Morgan fingerprint density at radius 1 is 1.22 bits per heavy atom. The van der Waals surface area contributed by atoms with E-state index in [9.17, 15) is 9.59 Å². The number of fused-ring (bicyclic) bond motifs is 1. The van der Waals surface area contributed by atoms with Gasteiger partial charge in [-0.3, -0.25) is 9.59 Å². The number of ketones is 1. The van der Waals surface area contributed by atoms with Crippen LogP contribution >= 0.6 is 0 Å². The van der Waals surface area contributed by atoms with Crippen molar-refractivity contribution in [1.82, 2.24) is 0 Å². The van der Waals surface area contributed by atoms with Crippen LogP contribution in [0.15, 0.2) is 29.8 Å². The van der Waals surface area contributed by atoms with E-state index in [0.717, 1.165) is 17.6 Å². The third-order valence-electron chi connectivity index (χ3n) is 3.02. The van der Waals surface area contributed by atoms with E-state index in [0.29, 0.717) is 13.0 Å². The molecule has 0 bridgehead atoms. The van der Waals surface area contributed by atoms with E-state index in [1.54, 1.807) is 6.92 Å². The average molecular weight is 244 g/mol. The summed E-state index contributed by atoms with van der Waals surface area (Å²) >= 11 is 0. The molecule has 0 atom stereocenters. The number of carbonyl (C=O) groups excluding carboxylic acids is 2. The van der Waals surface area contributed by atoms with E-state index in [1.807, 2.05) is 24.3 Å². The number of benzene rings is 1. The zero-order valence-electron chi connectivity index (χ0n) is 10.4. The third-order valence-corrected chi connectivity index (χ3v) is 3.02. The van der Waals surface area contributed by atoms with Crippen molar-refractivity contribution >= 4 is 17.8 Å². The van der Waals surface area contributed by atoms with Crippen LogP contribution in [0, 0.1) is 0 Å². The van der Waals surface area contributed by atoms with Gasteiger partial charge >= 0.3 is 5.97 Å². The normalized spacial score (nSPS) is 13.5. The number of hydrogen-bond donors (Lipinski definition) is 0. The Balaban J connectivity index is 2.09. The molecular formula is C15H16O3. The molecule has 0 aliphatic heterocycles. The van der Waals surface area contributed by atoms with Gasteiger partial charge in [-0.25, -0.2) is 0 Å². The minimum absolute atomic E-state index is 0.122. The van der Waals surface area contributed by atoms with Crippen LogP contribution in [0.5, 0.6) is 0 Å². The van der Waals surface area contributed by atoms with Gasteiger partial charge in [0.25, 0.3) is 0 Å². The lowest BCUT2D eigenvalue weighted by molar-refractivity contribution is -0.144. The van der Waals surface area contributed by atoms with Gasteiger partial charge in [0.2, 0.25) is 0 Å². The van der Waals surface area contributed by atoms with Gasteiger partial charge in [-0.1, -0.05) is 24.3 Å². The minimum atomic E-state index is -0.442. The van der Waals surface area contributed by atoms with E-state index in [2.05, 4.69) is 6.07 Å². The lowest BCUT2D eigenvalue weighted by Gasteiger charge is -2.15. The molecule has 2 rings (SSSR count). The van der Waals surface area contributed by atoms with Crippen molar-refractivity contribution in [1.29, 1.82) is 0 Å². The second-order valence-corrected chi connectivity index (χ2v) is 4.27. The molecule has 0 amide bonds. The first-order chi connectivity index (χ1) is 8.70. The first-order valence-corrected chi connectivity index (χ1v) is 6.18. The van der Waals surface area contributed by atoms with Gasteiger partial charge in [0, 0.05) is 0 Å². The molecule has 0 aromatic heterocycles. The van der Waals surface area contributed by atoms with Crippen molar-refractivity contribution < 1.29 is 14.3 Å². The van der Waals surface area contributed by atoms with Crippen molar-refractivity contribution in [3.8, 4) is 0 Å². The Labute approximate surface area is 106 Å². The molecule has 0 radical (unpaired) electrons. The van der Waals surface area contributed by atoms with Crippen molar-refractivity contribution in [2.24, 2.45) is 0 Å². The summed E-state index contributed by atoms with van der Waals surface area (Å²) in [6.07, 6.45) is 3.30. The number of Topliss-reactive ketones (excluding diaryl/α,β-unsaturated/α-hetero) is 1. The van der Waals surface area contributed by atoms with Crippen molar-refractivity contribution in [2.45, 2.75) is 26.2 Å². The van der Waals surface area contributed by atoms with Crippen LogP contribution in [-0.4, -0.2) is 18.4 Å². The van der Waals surface area contributed by atoms with Crippen LogP contribution in [0.4, 0.5) is 0 Å². The fraction of sp³-hybridized carbons (Fsp3) is 0.333. The molecule has 1 aliphatic carbocycles. The predicted molar refractivity (Wildman–Crippen MR) is 69.0 cm³/mol. The quantitative estimate of drug-likeness (QED) is 0.604. The van der Waals surface area contributed by atoms with Gasteiger partial charge in [0.15, 0.2) is 5.78 Å². The van der Waals surface area contributed by atoms with E-state index < -0.39 is 5.97 Å². The van der Waals surface area contributed by atoms with Crippen LogP contribution in [0.1, 0.15) is 30.9 Å². The van der Waals surface area contributed by atoms with Crippen LogP contribution in [0.25, 0.3) is 6.08 Å². The van der Waals surface area contributed by atoms with E-state index in [4.69, 9.17) is 4.74 Å². The third kappa shape index (κ3) is 2.86. The Kier molecular flexibility index (Phi) is 3.92. The van der Waals surface area contributed by atoms with Crippen LogP contribution < -0.4 is 0 Å². The molecule has 1 aromatic carbocycles. The number of hydrogen-bond acceptors (Lipinski definition) is 3. The second-order valence-electron chi connectivity index (χ2n) is 4.27. The molecule has 0 unspecified atom stereocenters. The van der Waals surface area contributed by atoms with Crippen molar-refractivity contribution in [3.05, 3.63) is 41.0 Å². The SMILES string of the molecule is CCOC(=O)CC(=O)C1=Cc2ccccc2CC1. The summed E-state index contributed by atoms with van der Waals surface area (Å²) in [6.45, 7) is 2.05. The topological polar surface area (TPSA) is 43.4 Å². The molecule has 0 heterocycles. The summed E-state index contributed by atoms with van der Waals surface area (Å²) in [4.78, 5) is 23.2. The maximum Gasteiger partial charge on any atom is 0.313 e. The molecular weight excluding hydrogens is 228 g/mol. The Bertz CT molecular complexity index is 500. The molecule has 0 fully saturated rings. The molecule has 0 N–H and O–H groups in total. The van der Waals surface area contributed by atoms with Gasteiger partial charge < -0.3 is 4.74 Å². The number of aryl methyl sites for hydroxylation is 1. The fourth-order valence-electron chi connectivity index (χ4n) is 2.11. The highest BCUT2D eigenvalue weighted by molar-refractivity contribution is 6.08. The molecule has 0 spiro atoms. The fourth-order valence-corrected chi connectivity index (χ4v) is 2.11. The molecule has 0 saturated heterocycles. The zero-order chi connectivity index (χ0) is 13.0. The summed E-state index contributed by atoms with van der Waals surface area (Å²) < 4.78 is 4.79. The molecule has 18 heavy (non-hydrogen) atoms. The highest BCUT2D eigenvalue weighted by atomic mass is 16.5. The number of ether oxygens (including phenoxy) is 1. The van der Waals surface area contributed by atoms with Gasteiger partial charge in [-0.05, 0) is 42.5 Å². The van der Waals surface area contributed by atoms with Crippen molar-refractivity contribution in [3.63, 3.8) is 0 Å². The zero-order valence-corrected chi connectivity index (χ0v) is 10.4.